The average Bonchev–Trinajstić information content (AvgIpc) is 2.75. The van der Waals surface area contributed by atoms with Crippen molar-refractivity contribution in [2.45, 2.75) is 51.5 Å². The lowest BCUT2D eigenvalue weighted by atomic mass is 9.93. The van der Waals surface area contributed by atoms with Crippen molar-refractivity contribution < 1.29 is 0 Å². The SMILES string of the molecule is CCCNC(CC1=CCCCC1)c1c(Cl)cnn1C. The van der Waals surface area contributed by atoms with Crippen LogP contribution < -0.4 is 5.32 Å². The summed E-state index contributed by atoms with van der Waals surface area (Å²) in [6.07, 6.45) is 11.5. The molecule has 0 spiro atoms. The van der Waals surface area contributed by atoms with Crippen molar-refractivity contribution >= 4 is 11.6 Å². The van der Waals surface area contributed by atoms with E-state index in [1.54, 1.807) is 11.8 Å². The Bertz CT molecular complexity index is 417. The van der Waals surface area contributed by atoms with Crippen LogP contribution >= 0.6 is 11.6 Å². The minimum absolute atomic E-state index is 0.282. The number of halogens is 1. The molecule has 1 aliphatic carbocycles. The minimum Gasteiger partial charge on any atom is -0.308 e. The Kier molecular flexibility index (Phi) is 5.46. The second-order valence-electron chi connectivity index (χ2n) is 5.32. The normalized spacial score (nSPS) is 17.3. The van der Waals surface area contributed by atoms with Gasteiger partial charge in [0, 0.05) is 7.05 Å². The van der Waals surface area contributed by atoms with E-state index in [0.29, 0.717) is 0 Å². The second kappa shape index (κ2) is 7.11. The third-order valence-electron chi connectivity index (χ3n) is 3.76. The molecule has 4 heteroatoms. The fraction of sp³-hybridized carbons (Fsp3) is 0.667. The maximum absolute atomic E-state index is 6.29. The van der Waals surface area contributed by atoms with Crippen molar-refractivity contribution in [3.8, 4) is 0 Å². The summed E-state index contributed by atoms with van der Waals surface area (Å²) < 4.78 is 1.90. The van der Waals surface area contributed by atoms with Crippen LogP contribution in [0.2, 0.25) is 5.02 Å². The van der Waals surface area contributed by atoms with E-state index in [1.807, 2.05) is 11.7 Å². The van der Waals surface area contributed by atoms with Crippen LogP contribution in [0.25, 0.3) is 0 Å². The molecule has 2 rings (SSSR count). The van der Waals surface area contributed by atoms with Gasteiger partial charge >= 0.3 is 0 Å². The highest BCUT2D eigenvalue weighted by atomic mass is 35.5. The van der Waals surface area contributed by atoms with Crippen LogP contribution in [0.1, 0.15) is 57.2 Å². The van der Waals surface area contributed by atoms with E-state index in [4.69, 9.17) is 11.6 Å². The number of rotatable bonds is 6. The van der Waals surface area contributed by atoms with E-state index >= 15 is 0 Å². The summed E-state index contributed by atoms with van der Waals surface area (Å²) in [5.41, 5.74) is 2.68. The maximum Gasteiger partial charge on any atom is 0.0834 e. The Morgan fingerprint density at radius 1 is 1.47 bits per heavy atom. The first kappa shape index (κ1) is 14.6. The van der Waals surface area contributed by atoms with Crippen molar-refractivity contribution in [1.82, 2.24) is 15.1 Å². The Morgan fingerprint density at radius 3 is 2.89 bits per heavy atom. The lowest BCUT2D eigenvalue weighted by Gasteiger charge is -2.22. The fourth-order valence-electron chi connectivity index (χ4n) is 2.75. The van der Waals surface area contributed by atoms with Crippen molar-refractivity contribution in [3.63, 3.8) is 0 Å². The summed E-state index contributed by atoms with van der Waals surface area (Å²) in [5.74, 6) is 0. The van der Waals surface area contributed by atoms with E-state index in [9.17, 15) is 0 Å². The molecule has 0 bridgehead atoms. The number of nitrogens with one attached hydrogen (secondary N) is 1. The lowest BCUT2D eigenvalue weighted by Crippen LogP contribution is -2.25. The summed E-state index contributed by atoms with van der Waals surface area (Å²) in [7, 11) is 1.97. The molecule has 1 atom stereocenters. The van der Waals surface area contributed by atoms with Crippen molar-refractivity contribution in [2.24, 2.45) is 7.05 Å². The molecule has 3 nitrogen and oxygen atoms in total. The molecule has 19 heavy (non-hydrogen) atoms. The zero-order valence-electron chi connectivity index (χ0n) is 12.0. The highest BCUT2D eigenvalue weighted by molar-refractivity contribution is 6.31. The van der Waals surface area contributed by atoms with Crippen molar-refractivity contribution in [1.29, 1.82) is 0 Å². The van der Waals surface area contributed by atoms with Gasteiger partial charge in [-0.25, -0.2) is 0 Å². The predicted molar refractivity (Wildman–Crippen MR) is 80.4 cm³/mol. The van der Waals surface area contributed by atoms with E-state index in [-0.39, 0.29) is 6.04 Å². The predicted octanol–water partition coefficient (Wildman–Crippen LogP) is 4.00. The van der Waals surface area contributed by atoms with Crippen LogP contribution in [0.5, 0.6) is 0 Å². The van der Waals surface area contributed by atoms with Crippen LogP contribution in [-0.4, -0.2) is 16.3 Å². The molecule has 0 saturated heterocycles. The quantitative estimate of drug-likeness (QED) is 0.799. The van der Waals surface area contributed by atoms with Crippen LogP contribution in [0.3, 0.4) is 0 Å². The van der Waals surface area contributed by atoms with Gasteiger partial charge in [-0.2, -0.15) is 5.10 Å². The first-order chi connectivity index (χ1) is 9.22. The van der Waals surface area contributed by atoms with Gasteiger partial charge in [0.15, 0.2) is 0 Å². The van der Waals surface area contributed by atoms with E-state index in [1.165, 1.54) is 25.7 Å². The van der Waals surface area contributed by atoms with Crippen molar-refractivity contribution in [3.05, 3.63) is 28.6 Å². The number of hydrogen-bond donors (Lipinski definition) is 1. The first-order valence-corrected chi connectivity index (χ1v) is 7.68. The number of allylic oxidation sites excluding steroid dienone is 1. The monoisotopic (exact) mass is 281 g/mol. The first-order valence-electron chi connectivity index (χ1n) is 7.31. The van der Waals surface area contributed by atoms with Gasteiger partial charge in [-0.3, -0.25) is 4.68 Å². The van der Waals surface area contributed by atoms with Gasteiger partial charge in [0.2, 0.25) is 0 Å². The maximum atomic E-state index is 6.29. The Labute approximate surface area is 121 Å². The lowest BCUT2D eigenvalue weighted by molar-refractivity contribution is 0.481. The number of aromatic nitrogens is 2. The summed E-state index contributed by atoms with van der Waals surface area (Å²) in [6, 6.07) is 0.282. The molecule has 1 N–H and O–H groups in total. The van der Waals surface area contributed by atoms with E-state index in [2.05, 4.69) is 23.4 Å². The van der Waals surface area contributed by atoms with Crippen LogP contribution in [0.15, 0.2) is 17.8 Å². The van der Waals surface area contributed by atoms with Crippen molar-refractivity contribution in [2.75, 3.05) is 6.54 Å². The molecular formula is C15H24ClN3. The molecule has 1 aromatic rings. The number of aryl methyl sites for hydroxylation is 1. The Morgan fingerprint density at radius 2 is 2.32 bits per heavy atom. The van der Waals surface area contributed by atoms with Gasteiger partial charge in [0.25, 0.3) is 0 Å². The average molecular weight is 282 g/mol. The van der Waals surface area contributed by atoms with Gasteiger partial charge in [0.1, 0.15) is 0 Å². The highest BCUT2D eigenvalue weighted by Crippen LogP contribution is 2.30. The summed E-state index contributed by atoms with van der Waals surface area (Å²) in [6.45, 7) is 3.20. The zero-order chi connectivity index (χ0) is 13.7. The third-order valence-corrected chi connectivity index (χ3v) is 4.05. The Hall–Kier alpha value is -0.800. The smallest absolute Gasteiger partial charge is 0.0834 e. The summed E-state index contributed by atoms with van der Waals surface area (Å²) >= 11 is 6.29. The molecule has 1 unspecified atom stereocenters. The third kappa shape index (κ3) is 3.83. The largest absolute Gasteiger partial charge is 0.308 e. The van der Waals surface area contributed by atoms with Gasteiger partial charge in [-0.15, -0.1) is 0 Å². The highest BCUT2D eigenvalue weighted by Gasteiger charge is 2.20. The Balaban J connectivity index is 2.13. The van der Waals surface area contributed by atoms with Gasteiger partial charge in [0.05, 0.1) is 23.0 Å². The topological polar surface area (TPSA) is 29.9 Å². The second-order valence-corrected chi connectivity index (χ2v) is 5.73. The molecule has 0 fully saturated rings. The molecule has 0 saturated carbocycles. The molecule has 0 aliphatic heterocycles. The molecule has 106 valence electrons. The summed E-state index contributed by atoms with van der Waals surface area (Å²) in [4.78, 5) is 0. The molecule has 0 radical (unpaired) electrons. The van der Waals surface area contributed by atoms with Crippen LogP contribution in [-0.2, 0) is 7.05 Å². The molecule has 1 aliphatic rings. The molecule has 0 amide bonds. The molecule has 0 aromatic carbocycles. The van der Waals surface area contributed by atoms with Gasteiger partial charge in [-0.05, 0) is 45.1 Å². The minimum atomic E-state index is 0.282. The van der Waals surface area contributed by atoms with E-state index in [0.717, 1.165) is 30.1 Å². The standard InChI is InChI=1S/C15H24ClN3/c1-3-9-17-14(10-12-7-5-4-6-8-12)15-13(16)11-18-19(15)2/h7,11,14,17H,3-6,8-10H2,1-2H3. The van der Waals surface area contributed by atoms with E-state index < -0.39 is 0 Å². The van der Waals surface area contributed by atoms with Gasteiger partial charge < -0.3 is 5.32 Å². The molecular weight excluding hydrogens is 258 g/mol. The van der Waals surface area contributed by atoms with Crippen LogP contribution in [0, 0.1) is 0 Å². The molecule has 1 aromatic heterocycles. The molecule has 1 heterocycles. The zero-order valence-corrected chi connectivity index (χ0v) is 12.7. The van der Waals surface area contributed by atoms with Crippen LogP contribution in [0.4, 0.5) is 0 Å². The summed E-state index contributed by atoms with van der Waals surface area (Å²) in [5, 5.41) is 8.65. The number of hydrogen-bond acceptors (Lipinski definition) is 2. The fourth-order valence-corrected chi connectivity index (χ4v) is 3.05. The number of nitrogens with zero attached hydrogens (tertiary/aromatic N) is 2. The van der Waals surface area contributed by atoms with Gasteiger partial charge in [-0.1, -0.05) is 30.2 Å².